The van der Waals surface area contributed by atoms with Crippen LogP contribution in [-0.2, 0) is 0 Å². The fraction of sp³-hybridized carbons (Fsp3) is 0.0435. The molecule has 0 spiro atoms. The van der Waals surface area contributed by atoms with E-state index in [9.17, 15) is 10.4 Å². The van der Waals surface area contributed by atoms with Gasteiger partial charge in [-0.1, -0.05) is 60.7 Å². The number of nitrogens with zero attached hydrogens (tertiary/aromatic N) is 2. The summed E-state index contributed by atoms with van der Waals surface area (Å²) in [6.07, 6.45) is 0. The third-order valence-corrected chi connectivity index (χ3v) is 5.62. The van der Waals surface area contributed by atoms with Gasteiger partial charge in [-0.2, -0.15) is 5.26 Å². The summed E-state index contributed by atoms with van der Waals surface area (Å²) in [5.41, 5.74) is 2.64. The van der Waals surface area contributed by atoms with E-state index in [4.69, 9.17) is 0 Å². The lowest BCUT2D eigenvalue weighted by Gasteiger charge is -2.17. The van der Waals surface area contributed by atoms with Crippen LogP contribution < -0.4 is 0 Å². The normalized spacial score (nSPS) is 13.0. The molecule has 4 aromatic rings. The number of nitriles is 1. The lowest BCUT2D eigenvalue weighted by molar-refractivity contribution is 0.399. The van der Waals surface area contributed by atoms with Crippen LogP contribution in [0.25, 0.3) is 16.6 Å². The summed E-state index contributed by atoms with van der Waals surface area (Å²) < 4.78 is 0. The first-order valence-electron chi connectivity index (χ1n) is 8.81. The minimum Gasteiger partial charge on any atom is -0.509 e. The zero-order valence-electron chi connectivity index (χ0n) is 14.9. The molecule has 4 nitrogen and oxygen atoms in total. The summed E-state index contributed by atoms with van der Waals surface area (Å²) in [4.78, 5) is 8.62. The van der Waals surface area contributed by atoms with E-state index in [1.807, 2.05) is 84.9 Å². The summed E-state index contributed by atoms with van der Waals surface area (Å²) in [6, 6.07) is 29.2. The van der Waals surface area contributed by atoms with Gasteiger partial charge in [0.05, 0.1) is 16.3 Å². The molecular formula is C23H17N3OS. The lowest BCUT2D eigenvalue weighted by Crippen LogP contribution is -2.02. The Morgan fingerprint density at radius 3 is 2.25 bits per heavy atom. The number of hydrogen-bond donors (Lipinski definition) is 2. The van der Waals surface area contributed by atoms with Gasteiger partial charge in [-0.15, -0.1) is 11.8 Å². The van der Waals surface area contributed by atoms with Crippen LogP contribution in [0.3, 0.4) is 0 Å². The molecule has 1 aromatic heterocycles. The van der Waals surface area contributed by atoms with Gasteiger partial charge in [-0.25, -0.2) is 4.98 Å². The number of aliphatic hydroxyl groups is 1. The Bertz CT molecular complexity index is 1130. The molecule has 136 valence electrons. The minimum absolute atomic E-state index is 0.0124. The Balaban J connectivity index is 1.81. The number of aliphatic hydroxyl groups excluding tert-OH is 1. The minimum atomic E-state index is -0.425. The van der Waals surface area contributed by atoms with Gasteiger partial charge in [0.1, 0.15) is 17.4 Å². The van der Waals surface area contributed by atoms with E-state index in [2.05, 4.69) is 16.0 Å². The van der Waals surface area contributed by atoms with Crippen molar-refractivity contribution in [2.45, 2.75) is 10.1 Å². The first kappa shape index (κ1) is 17.9. The van der Waals surface area contributed by atoms with Crippen LogP contribution in [0.1, 0.15) is 16.6 Å². The lowest BCUT2D eigenvalue weighted by atomic mass is 10.1. The number of aromatic nitrogens is 2. The molecule has 3 aromatic carbocycles. The van der Waals surface area contributed by atoms with Crippen molar-refractivity contribution in [2.75, 3.05) is 0 Å². The van der Waals surface area contributed by atoms with Crippen LogP contribution >= 0.6 is 11.8 Å². The van der Waals surface area contributed by atoms with Gasteiger partial charge in [0.2, 0.25) is 0 Å². The van der Waals surface area contributed by atoms with Crippen LogP contribution in [0.4, 0.5) is 0 Å². The van der Waals surface area contributed by atoms with Gasteiger partial charge in [0.25, 0.3) is 0 Å². The molecule has 0 aliphatic carbocycles. The number of rotatable bonds is 5. The van der Waals surface area contributed by atoms with Crippen molar-refractivity contribution in [3.63, 3.8) is 0 Å². The number of para-hydroxylation sites is 2. The summed E-state index contributed by atoms with van der Waals surface area (Å²) in [5, 5.41) is 20.5. The first-order valence-corrected chi connectivity index (χ1v) is 9.69. The van der Waals surface area contributed by atoms with Crippen LogP contribution in [0.15, 0.2) is 95.6 Å². The highest BCUT2D eigenvalue weighted by Gasteiger charge is 2.24. The molecule has 0 unspecified atom stereocenters. The van der Waals surface area contributed by atoms with Crippen molar-refractivity contribution in [3.05, 3.63) is 102 Å². The predicted octanol–water partition coefficient (Wildman–Crippen LogP) is 5.89. The second kappa shape index (κ2) is 8.03. The maximum atomic E-state index is 11.1. The highest BCUT2D eigenvalue weighted by molar-refractivity contribution is 7.99. The van der Waals surface area contributed by atoms with E-state index in [0.717, 1.165) is 21.5 Å². The highest BCUT2D eigenvalue weighted by Crippen LogP contribution is 2.41. The van der Waals surface area contributed by atoms with E-state index in [-0.39, 0.29) is 11.3 Å². The largest absolute Gasteiger partial charge is 0.509 e. The SMILES string of the molecule is N#C/C(=C(/O)[C@@H](Sc1ccccc1)c1ccccc1)c1nc2ccccc2[nH]1. The number of imidazole rings is 1. The molecule has 0 bridgehead atoms. The van der Waals surface area contributed by atoms with E-state index in [1.165, 1.54) is 11.8 Å². The summed E-state index contributed by atoms with van der Waals surface area (Å²) >= 11 is 1.49. The molecule has 4 rings (SSSR count). The molecule has 1 heterocycles. The predicted molar refractivity (Wildman–Crippen MR) is 113 cm³/mol. The van der Waals surface area contributed by atoms with Crippen LogP contribution in [-0.4, -0.2) is 15.1 Å². The second-order valence-electron chi connectivity index (χ2n) is 6.20. The third kappa shape index (κ3) is 3.64. The average Bonchev–Trinajstić information content (AvgIpc) is 3.17. The zero-order valence-corrected chi connectivity index (χ0v) is 15.7. The summed E-state index contributed by atoms with van der Waals surface area (Å²) in [6.45, 7) is 0. The highest BCUT2D eigenvalue weighted by atomic mass is 32.2. The van der Waals surface area contributed by atoms with Crippen molar-refractivity contribution in [1.82, 2.24) is 9.97 Å². The van der Waals surface area contributed by atoms with Gasteiger partial charge in [-0.05, 0) is 29.8 Å². The van der Waals surface area contributed by atoms with E-state index < -0.39 is 5.25 Å². The van der Waals surface area contributed by atoms with E-state index in [1.54, 1.807) is 0 Å². The van der Waals surface area contributed by atoms with Crippen LogP contribution in [0.2, 0.25) is 0 Å². The smallest absolute Gasteiger partial charge is 0.152 e. The number of fused-ring (bicyclic) bond motifs is 1. The molecule has 0 saturated heterocycles. The molecule has 5 heteroatoms. The Morgan fingerprint density at radius 2 is 1.57 bits per heavy atom. The van der Waals surface area contributed by atoms with Gasteiger partial charge in [-0.3, -0.25) is 0 Å². The van der Waals surface area contributed by atoms with Crippen molar-refractivity contribution < 1.29 is 5.11 Å². The van der Waals surface area contributed by atoms with Gasteiger partial charge < -0.3 is 10.1 Å². The van der Waals surface area contributed by atoms with Crippen LogP contribution in [0, 0.1) is 11.3 Å². The monoisotopic (exact) mass is 383 g/mol. The zero-order chi connectivity index (χ0) is 19.3. The van der Waals surface area contributed by atoms with E-state index in [0.29, 0.717) is 5.82 Å². The number of hydrogen-bond acceptors (Lipinski definition) is 4. The number of H-pyrrole nitrogens is 1. The second-order valence-corrected chi connectivity index (χ2v) is 7.37. The maximum absolute atomic E-state index is 11.1. The van der Waals surface area contributed by atoms with Gasteiger partial charge in [0.15, 0.2) is 5.82 Å². The fourth-order valence-corrected chi connectivity index (χ4v) is 4.09. The average molecular weight is 383 g/mol. The molecule has 28 heavy (non-hydrogen) atoms. The fourth-order valence-electron chi connectivity index (χ4n) is 2.98. The number of allylic oxidation sites excluding steroid dienone is 1. The Kier molecular flexibility index (Phi) is 5.14. The Morgan fingerprint density at radius 1 is 0.929 bits per heavy atom. The van der Waals surface area contributed by atoms with Gasteiger partial charge >= 0.3 is 0 Å². The van der Waals surface area contributed by atoms with Crippen LogP contribution in [0.5, 0.6) is 0 Å². The Labute approximate surface area is 167 Å². The third-order valence-electron chi connectivity index (χ3n) is 4.34. The number of nitrogens with one attached hydrogen (secondary N) is 1. The topological polar surface area (TPSA) is 72.7 Å². The molecule has 0 saturated carbocycles. The summed E-state index contributed by atoms with van der Waals surface area (Å²) in [7, 11) is 0. The number of benzene rings is 3. The molecule has 0 radical (unpaired) electrons. The van der Waals surface area contributed by atoms with Gasteiger partial charge in [0, 0.05) is 4.90 Å². The number of aromatic amines is 1. The molecule has 0 aliphatic heterocycles. The summed E-state index contributed by atoms with van der Waals surface area (Å²) in [5.74, 6) is 0.359. The first-order chi connectivity index (χ1) is 13.8. The van der Waals surface area contributed by atoms with Crippen molar-refractivity contribution in [1.29, 1.82) is 5.26 Å². The number of thioether (sulfide) groups is 1. The van der Waals surface area contributed by atoms with Crippen molar-refractivity contribution in [3.8, 4) is 6.07 Å². The quantitative estimate of drug-likeness (QED) is 0.256. The molecule has 2 N–H and O–H groups in total. The molecule has 0 aliphatic rings. The standard InChI is InChI=1S/C23H17N3OS/c24-15-18(23-25-19-13-7-8-14-20(19)26-23)21(27)22(16-9-3-1-4-10-16)28-17-11-5-2-6-12-17/h1-14,22,27H,(H,25,26)/b21-18-/t22-/m0/s1. The molecular weight excluding hydrogens is 366 g/mol. The van der Waals surface area contributed by atoms with Crippen molar-refractivity contribution >= 4 is 28.4 Å². The maximum Gasteiger partial charge on any atom is 0.152 e. The molecule has 1 atom stereocenters. The van der Waals surface area contributed by atoms with E-state index >= 15 is 0 Å². The van der Waals surface area contributed by atoms with Crippen molar-refractivity contribution in [2.24, 2.45) is 0 Å². The Hall–Kier alpha value is -3.49. The molecule has 0 amide bonds. The molecule has 0 fully saturated rings.